The van der Waals surface area contributed by atoms with E-state index in [1.807, 2.05) is 12.1 Å². The van der Waals surface area contributed by atoms with Crippen molar-refractivity contribution < 1.29 is 9.53 Å². The van der Waals surface area contributed by atoms with Crippen LogP contribution in [0.2, 0.25) is 0 Å². The SMILES string of the molecule is [CH2]c1ccc(NC(=O)OC)cc1. The van der Waals surface area contributed by atoms with E-state index in [1.165, 1.54) is 7.11 Å². The van der Waals surface area contributed by atoms with Gasteiger partial charge in [0.2, 0.25) is 0 Å². The van der Waals surface area contributed by atoms with Crippen LogP contribution in [0.1, 0.15) is 5.56 Å². The maximum absolute atomic E-state index is 10.7. The minimum atomic E-state index is -0.466. The van der Waals surface area contributed by atoms with Crippen LogP contribution in [0, 0.1) is 6.92 Å². The highest BCUT2D eigenvalue weighted by Gasteiger charge is 1.98. The van der Waals surface area contributed by atoms with Gasteiger partial charge in [0, 0.05) is 5.69 Å². The minimum Gasteiger partial charge on any atom is -0.453 e. The molecule has 1 amide bonds. The maximum Gasteiger partial charge on any atom is 0.411 e. The van der Waals surface area contributed by atoms with E-state index in [-0.39, 0.29) is 0 Å². The monoisotopic (exact) mass is 164 g/mol. The fraction of sp³-hybridized carbons (Fsp3) is 0.111. The van der Waals surface area contributed by atoms with Crippen LogP contribution >= 0.6 is 0 Å². The van der Waals surface area contributed by atoms with Crippen LogP contribution < -0.4 is 5.32 Å². The molecule has 0 unspecified atom stereocenters. The van der Waals surface area contributed by atoms with Crippen LogP contribution in [0.15, 0.2) is 24.3 Å². The van der Waals surface area contributed by atoms with Crippen LogP contribution in [0.5, 0.6) is 0 Å². The Hall–Kier alpha value is -1.51. The number of hydrogen-bond acceptors (Lipinski definition) is 2. The standard InChI is InChI=1S/C9H10NO2/c1-7-3-5-8(6-4-7)10-9(11)12-2/h3-6H,1H2,2H3,(H,10,11). The van der Waals surface area contributed by atoms with E-state index in [0.29, 0.717) is 5.69 Å². The van der Waals surface area contributed by atoms with E-state index >= 15 is 0 Å². The van der Waals surface area contributed by atoms with Crippen LogP contribution in [-0.2, 0) is 4.74 Å². The van der Waals surface area contributed by atoms with E-state index in [4.69, 9.17) is 0 Å². The molecule has 1 aromatic carbocycles. The van der Waals surface area contributed by atoms with Gasteiger partial charge in [-0.2, -0.15) is 0 Å². The first-order valence-electron chi connectivity index (χ1n) is 3.49. The van der Waals surface area contributed by atoms with Gasteiger partial charge in [-0.1, -0.05) is 12.1 Å². The highest BCUT2D eigenvalue weighted by Crippen LogP contribution is 2.08. The van der Waals surface area contributed by atoms with Gasteiger partial charge in [-0.15, -0.1) is 0 Å². The van der Waals surface area contributed by atoms with E-state index in [0.717, 1.165) is 5.56 Å². The molecule has 1 rings (SSSR count). The summed E-state index contributed by atoms with van der Waals surface area (Å²) < 4.78 is 4.42. The molecule has 0 fully saturated rings. The number of anilines is 1. The third-order valence-electron chi connectivity index (χ3n) is 1.39. The van der Waals surface area contributed by atoms with Crippen molar-refractivity contribution in [2.75, 3.05) is 12.4 Å². The fourth-order valence-corrected chi connectivity index (χ4v) is 0.757. The first kappa shape index (κ1) is 8.59. The number of benzene rings is 1. The average molecular weight is 164 g/mol. The first-order chi connectivity index (χ1) is 5.72. The zero-order chi connectivity index (χ0) is 8.97. The maximum atomic E-state index is 10.7. The van der Waals surface area contributed by atoms with Crippen molar-refractivity contribution in [1.82, 2.24) is 0 Å². The molecule has 0 aromatic heterocycles. The summed E-state index contributed by atoms with van der Waals surface area (Å²) in [7, 11) is 1.32. The Bertz CT molecular complexity index is 266. The molecule has 1 aromatic rings. The highest BCUT2D eigenvalue weighted by atomic mass is 16.5. The lowest BCUT2D eigenvalue weighted by molar-refractivity contribution is 0.187. The summed E-state index contributed by atoms with van der Waals surface area (Å²) in [5, 5.41) is 2.53. The van der Waals surface area contributed by atoms with Crippen LogP contribution in [0.3, 0.4) is 0 Å². The normalized spacial score (nSPS) is 9.17. The summed E-state index contributed by atoms with van der Waals surface area (Å²) in [6, 6.07) is 7.15. The van der Waals surface area contributed by atoms with Crippen LogP contribution in [0.4, 0.5) is 10.5 Å². The summed E-state index contributed by atoms with van der Waals surface area (Å²) in [6.45, 7) is 3.72. The van der Waals surface area contributed by atoms with Gasteiger partial charge in [0.1, 0.15) is 0 Å². The topological polar surface area (TPSA) is 38.3 Å². The number of amides is 1. The fourth-order valence-electron chi connectivity index (χ4n) is 0.757. The van der Waals surface area contributed by atoms with Crippen LogP contribution in [-0.4, -0.2) is 13.2 Å². The molecule has 0 spiro atoms. The summed E-state index contributed by atoms with van der Waals surface area (Å²) in [5.41, 5.74) is 1.61. The molecule has 0 aliphatic heterocycles. The molecule has 12 heavy (non-hydrogen) atoms. The van der Waals surface area contributed by atoms with E-state index in [1.54, 1.807) is 12.1 Å². The lowest BCUT2D eigenvalue weighted by Crippen LogP contribution is -2.10. The molecular formula is C9H10NO2. The molecule has 0 aliphatic carbocycles. The second-order valence-corrected chi connectivity index (χ2v) is 2.31. The molecule has 3 heteroatoms. The Labute approximate surface area is 71.4 Å². The number of carbonyl (C=O) groups is 1. The van der Waals surface area contributed by atoms with Gasteiger partial charge in [-0.3, -0.25) is 5.32 Å². The van der Waals surface area contributed by atoms with Gasteiger partial charge in [-0.05, 0) is 24.6 Å². The largest absolute Gasteiger partial charge is 0.453 e. The molecule has 0 saturated carbocycles. The number of rotatable bonds is 1. The number of hydrogen-bond donors (Lipinski definition) is 1. The van der Waals surface area contributed by atoms with Gasteiger partial charge in [-0.25, -0.2) is 4.79 Å². The molecule has 63 valence electrons. The predicted molar refractivity (Wildman–Crippen MR) is 46.9 cm³/mol. The molecule has 0 aliphatic rings. The van der Waals surface area contributed by atoms with Crippen LogP contribution in [0.25, 0.3) is 0 Å². The van der Waals surface area contributed by atoms with Crippen molar-refractivity contribution >= 4 is 11.8 Å². The molecule has 3 nitrogen and oxygen atoms in total. The predicted octanol–water partition coefficient (Wildman–Crippen LogP) is 2.05. The average Bonchev–Trinajstić information content (AvgIpc) is 2.09. The Morgan fingerprint density at radius 3 is 2.50 bits per heavy atom. The van der Waals surface area contributed by atoms with Crippen molar-refractivity contribution in [3.05, 3.63) is 36.8 Å². The molecule has 0 saturated heterocycles. The Kier molecular flexibility index (Phi) is 2.69. The van der Waals surface area contributed by atoms with E-state index in [9.17, 15) is 4.79 Å². The Morgan fingerprint density at radius 2 is 2.00 bits per heavy atom. The first-order valence-corrected chi connectivity index (χ1v) is 3.49. The minimum absolute atomic E-state index is 0.466. The molecule has 1 N–H and O–H groups in total. The van der Waals surface area contributed by atoms with Crippen molar-refractivity contribution in [1.29, 1.82) is 0 Å². The number of ether oxygens (including phenoxy) is 1. The number of carbonyl (C=O) groups excluding carboxylic acids is 1. The summed E-state index contributed by atoms with van der Waals surface area (Å²) in [4.78, 5) is 10.7. The third kappa shape index (κ3) is 2.27. The second-order valence-electron chi connectivity index (χ2n) is 2.31. The zero-order valence-electron chi connectivity index (χ0n) is 6.83. The van der Waals surface area contributed by atoms with Gasteiger partial charge in [0.15, 0.2) is 0 Å². The van der Waals surface area contributed by atoms with Crippen molar-refractivity contribution in [3.8, 4) is 0 Å². The number of methoxy groups -OCH3 is 1. The van der Waals surface area contributed by atoms with Crippen molar-refractivity contribution in [2.24, 2.45) is 0 Å². The molecule has 0 bridgehead atoms. The lowest BCUT2D eigenvalue weighted by atomic mass is 10.2. The van der Waals surface area contributed by atoms with Gasteiger partial charge in [0.05, 0.1) is 7.11 Å². The van der Waals surface area contributed by atoms with Crippen molar-refractivity contribution in [2.45, 2.75) is 0 Å². The molecule has 1 radical (unpaired) electrons. The molecular weight excluding hydrogens is 154 g/mol. The Balaban J connectivity index is 2.64. The number of nitrogens with one attached hydrogen (secondary N) is 1. The lowest BCUT2D eigenvalue weighted by Gasteiger charge is -2.02. The highest BCUT2D eigenvalue weighted by molar-refractivity contribution is 5.84. The molecule has 0 atom stereocenters. The summed E-state index contributed by atoms with van der Waals surface area (Å²) in [5.74, 6) is 0. The van der Waals surface area contributed by atoms with Gasteiger partial charge < -0.3 is 4.74 Å². The smallest absolute Gasteiger partial charge is 0.411 e. The summed E-state index contributed by atoms with van der Waals surface area (Å²) in [6.07, 6.45) is -0.466. The second kappa shape index (κ2) is 3.76. The molecule has 0 heterocycles. The summed E-state index contributed by atoms with van der Waals surface area (Å²) >= 11 is 0. The zero-order valence-corrected chi connectivity index (χ0v) is 6.83. The van der Waals surface area contributed by atoms with Gasteiger partial charge >= 0.3 is 6.09 Å². The van der Waals surface area contributed by atoms with Crippen molar-refractivity contribution in [3.63, 3.8) is 0 Å². The third-order valence-corrected chi connectivity index (χ3v) is 1.39. The quantitative estimate of drug-likeness (QED) is 0.689. The van der Waals surface area contributed by atoms with Gasteiger partial charge in [0.25, 0.3) is 0 Å². The van der Waals surface area contributed by atoms with E-state index < -0.39 is 6.09 Å². The Morgan fingerprint density at radius 1 is 1.42 bits per heavy atom. The van der Waals surface area contributed by atoms with E-state index in [2.05, 4.69) is 17.0 Å².